The molecule has 7 nitrogen and oxygen atoms in total. The van der Waals surface area contributed by atoms with Crippen molar-refractivity contribution in [3.63, 3.8) is 0 Å². The van der Waals surface area contributed by atoms with Crippen LogP contribution in [0.1, 0.15) is 29.3 Å². The lowest BCUT2D eigenvalue weighted by Gasteiger charge is -2.08. The predicted octanol–water partition coefficient (Wildman–Crippen LogP) is 3.93. The van der Waals surface area contributed by atoms with Crippen LogP contribution >= 0.6 is 0 Å². The van der Waals surface area contributed by atoms with Crippen LogP contribution in [0.15, 0.2) is 47.5 Å². The van der Waals surface area contributed by atoms with Crippen LogP contribution in [0.2, 0.25) is 0 Å². The molecule has 0 spiro atoms. The molecule has 0 atom stereocenters. The molecule has 0 radical (unpaired) electrons. The van der Waals surface area contributed by atoms with Crippen LogP contribution in [-0.2, 0) is 33.7 Å². The van der Waals surface area contributed by atoms with Gasteiger partial charge < -0.3 is 9.47 Å². The van der Waals surface area contributed by atoms with Crippen LogP contribution in [0.3, 0.4) is 0 Å². The van der Waals surface area contributed by atoms with Crippen LogP contribution in [-0.4, -0.2) is 35.1 Å². The highest BCUT2D eigenvalue weighted by Crippen LogP contribution is 2.23. The molecule has 0 saturated carbocycles. The second kappa shape index (κ2) is 9.14. The van der Waals surface area contributed by atoms with Gasteiger partial charge in [-0.1, -0.05) is 43.3 Å². The Kier molecular flexibility index (Phi) is 6.39. The Balaban J connectivity index is 1.82. The number of nitrogens with one attached hydrogen (secondary N) is 1. The molecule has 0 aliphatic carbocycles. The maximum Gasteiger partial charge on any atom is 0.434 e. The quantitative estimate of drug-likeness (QED) is 0.506. The van der Waals surface area contributed by atoms with Crippen molar-refractivity contribution in [1.82, 2.24) is 10.2 Å². The van der Waals surface area contributed by atoms with Crippen molar-refractivity contribution < 1.29 is 19.1 Å². The van der Waals surface area contributed by atoms with Crippen LogP contribution < -0.4 is 0 Å². The summed E-state index contributed by atoms with van der Waals surface area (Å²) < 4.78 is 9.97. The summed E-state index contributed by atoms with van der Waals surface area (Å²) >= 11 is 0. The number of nitrogens with zero attached hydrogens (tertiary/aromatic N) is 2. The number of benzene rings is 2. The van der Waals surface area contributed by atoms with Gasteiger partial charge in [-0.15, -0.1) is 0 Å². The zero-order valence-corrected chi connectivity index (χ0v) is 16.7. The number of aromatic nitrogens is 2. The Hall–Kier alpha value is -3.48. The second-order valence-corrected chi connectivity index (χ2v) is 6.62. The standard InChI is InChI=1S/C22H23N3O4/c1-4-17-10-16(11-18-14(2)24-25-20(17)18)12-19(21(26)28-3)23-22(27)29-13-15-8-6-5-7-9-15/h5-11H,4,12-13H2,1-3H3,(H,24,25). The molecule has 0 aliphatic heterocycles. The van der Waals surface area contributed by atoms with E-state index in [1.54, 1.807) is 0 Å². The monoisotopic (exact) mass is 393 g/mol. The first kappa shape index (κ1) is 20.3. The fraction of sp³-hybridized carbons (Fsp3) is 0.273. The number of H-pyrrole nitrogens is 1. The molecule has 2 aromatic carbocycles. The summed E-state index contributed by atoms with van der Waals surface area (Å²) in [6.07, 6.45) is 0.115. The highest BCUT2D eigenvalue weighted by atomic mass is 16.5. The van der Waals surface area contributed by atoms with E-state index in [0.717, 1.165) is 39.7 Å². The van der Waals surface area contributed by atoms with E-state index in [-0.39, 0.29) is 18.7 Å². The molecule has 1 amide bonds. The number of hydrogen-bond acceptors (Lipinski definition) is 5. The first-order valence-corrected chi connectivity index (χ1v) is 9.34. The van der Waals surface area contributed by atoms with E-state index in [0.29, 0.717) is 0 Å². The summed E-state index contributed by atoms with van der Waals surface area (Å²) in [6, 6.07) is 13.2. The number of hydrogen-bond donors (Lipinski definition) is 1. The number of rotatable bonds is 6. The van der Waals surface area contributed by atoms with E-state index in [1.807, 2.05) is 56.3 Å². The van der Waals surface area contributed by atoms with Gasteiger partial charge in [-0.25, -0.2) is 9.59 Å². The van der Waals surface area contributed by atoms with Gasteiger partial charge in [-0.3, -0.25) is 5.10 Å². The summed E-state index contributed by atoms with van der Waals surface area (Å²) in [5, 5.41) is 8.31. The van der Waals surface area contributed by atoms with Crippen molar-refractivity contribution in [2.75, 3.05) is 7.11 Å². The fourth-order valence-electron chi connectivity index (χ4n) is 3.08. The van der Waals surface area contributed by atoms with E-state index < -0.39 is 12.1 Å². The van der Waals surface area contributed by atoms with Gasteiger partial charge in [0, 0.05) is 17.5 Å². The summed E-state index contributed by atoms with van der Waals surface area (Å²) in [6.45, 7) is 4.06. The Morgan fingerprint density at radius 3 is 2.59 bits per heavy atom. The number of carbonyl (C=O) groups is 2. The Labute approximate surface area is 168 Å². The zero-order chi connectivity index (χ0) is 20.8. The highest BCUT2D eigenvalue weighted by molar-refractivity contribution is 6.38. The molecule has 0 aliphatic rings. The van der Waals surface area contributed by atoms with E-state index >= 15 is 0 Å². The van der Waals surface area contributed by atoms with Gasteiger partial charge in [-0.05, 0) is 36.1 Å². The maximum absolute atomic E-state index is 12.2. The maximum atomic E-state index is 12.2. The molecule has 0 fully saturated rings. The number of aromatic amines is 1. The normalized spacial score (nSPS) is 11.5. The van der Waals surface area contributed by atoms with Crippen molar-refractivity contribution in [2.24, 2.45) is 4.99 Å². The molecule has 0 unspecified atom stereocenters. The highest BCUT2D eigenvalue weighted by Gasteiger charge is 2.17. The minimum absolute atomic E-state index is 0.00638. The molecular weight excluding hydrogens is 370 g/mol. The Bertz CT molecular complexity index is 1050. The molecule has 0 saturated heterocycles. The molecule has 1 heterocycles. The minimum Gasteiger partial charge on any atom is -0.465 e. The number of methoxy groups -OCH3 is 1. The number of esters is 1. The number of fused-ring (bicyclic) bond motifs is 1. The van der Waals surface area contributed by atoms with Gasteiger partial charge in [0.15, 0.2) is 0 Å². The van der Waals surface area contributed by atoms with Gasteiger partial charge in [0.05, 0.1) is 12.6 Å². The summed E-state index contributed by atoms with van der Waals surface area (Å²) in [5.41, 5.74) is 4.58. The lowest BCUT2D eigenvalue weighted by Crippen LogP contribution is -2.20. The van der Waals surface area contributed by atoms with E-state index in [2.05, 4.69) is 15.2 Å². The summed E-state index contributed by atoms with van der Waals surface area (Å²) in [5.74, 6) is -0.663. The van der Waals surface area contributed by atoms with Gasteiger partial charge in [0.25, 0.3) is 0 Å². The second-order valence-electron chi connectivity index (χ2n) is 6.62. The van der Waals surface area contributed by atoms with Crippen LogP contribution in [0, 0.1) is 6.92 Å². The molecule has 150 valence electrons. The zero-order valence-electron chi connectivity index (χ0n) is 16.7. The summed E-state index contributed by atoms with van der Waals surface area (Å²) in [4.78, 5) is 28.2. The average Bonchev–Trinajstić information content (AvgIpc) is 3.12. The molecule has 1 aromatic heterocycles. The predicted molar refractivity (Wildman–Crippen MR) is 110 cm³/mol. The van der Waals surface area contributed by atoms with Crippen molar-refractivity contribution >= 4 is 28.7 Å². The summed E-state index contributed by atoms with van der Waals surface area (Å²) in [7, 11) is 1.26. The number of carbonyl (C=O) groups excluding carboxylic acids is 2. The number of amides is 1. The molecule has 0 bridgehead atoms. The SMILES string of the molecule is CCc1cc(CC(=NC(=O)OCc2ccccc2)C(=O)OC)cc2c(C)[nH]nc12. The van der Waals surface area contributed by atoms with Crippen LogP contribution in [0.4, 0.5) is 4.79 Å². The van der Waals surface area contributed by atoms with E-state index in [4.69, 9.17) is 9.47 Å². The lowest BCUT2D eigenvalue weighted by atomic mass is 10.00. The first-order chi connectivity index (χ1) is 14.0. The van der Waals surface area contributed by atoms with E-state index in [1.165, 1.54) is 7.11 Å². The average molecular weight is 393 g/mol. The molecular formula is C22H23N3O4. The van der Waals surface area contributed by atoms with Crippen LogP contribution in [0.5, 0.6) is 0 Å². The first-order valence-electron chi connectivity index (χ1n) is 9.34. The molecule has 1 N–H and O–H groups in total. The van der Waals surface area contributed by atoms with Crippen molar-refractivity contribution in [2.45, 2.75) is 33.3 Å². The van der Waals surface area contributed by atoms with Crippen LogP contribution in [0.25, 0.3) is 10.9 Å². The third-order valence-electron chi connectivity index (χ3n) is 4.59. The molecule has 3 rings (SSSR count). The van der Waals surface area contributed by atoms with Gasteiger partial charge in [0.2, 0.25) is 0 Å². The largest absolute Gasteiger partial charge is 0.465 e. The smallest absolute Gasteiger partial charge is 0.434 e. The number of aliphatic imine (C=N–C) groups is 1. The van der Waals surface area contributed by atoms with E-state index in [9.17, 15) is 9.59 Å². The lowest BCUT2D eigenvalue weighted by molar-refractivity contribution is -0.132. The Morgan fingerprint density at radius 1 is 1.14 bits per heavy atom. The van der Waals surface area contributed by atoms with Crippen molar-refractivity contribution in [1.29, 1.82) is 0 Å². The molecule has 7 heteroatoms. The van der Waals surface area contributed by atoms with Crippen molar-refractivity contribution in [3.05, 3.63) is 64.8 Å². The van der Waals surface area contributed by atoms with Gasteiger partial charge in [0.1, 0.15) is 12.3 Å². The Morgan fingerprint density at radius 2 is 1.90 bits per heavy atom. The number of aryl methyl sites for hydroxylation is 2. The molecule has 29 heavy (non-hydrogen) atoms. The third-order valence-corrected chi connectivity index (χ3v) is 4.59. The third kappa shape index (κ3) is 4.87. The van der Waals surface area contributed by atoms with Gasteiger partial charge >= 0.3 is 12.1 Å². The fourth-order valence-corrected chi connectivity index (χ4v) is 3.08. The van der Waals surface area contributed by atoms with Gasteiger partial charge in [-0.2, -0.15) is 10.1 Å². The number of ether oxygens (including phenoxy) is 2. The molecule has 3 aromatic rings. The minimum atomic E-state index is -0.828. The van der Waals surface area contributed by atoms with Crippen molar-refractivity contribution in [3.8, 4) is 0 Å². The topological polar surface area (TPSA) is 93.6 Å².